The standard InChI is InChI=1S/C8H10BrNO3S2/c1-4(11)14-3-6(12)7(13)5-2-15-8(9)10-5/h2,6-7,12-13H,3H2,1H3. The van der Waals surface area contributed by atoms with E-state index >= 15 is 0 Å². The number of aliphatic hydroxyl groups excluding tert-OH is 2. The molecular weight excluding hydrogens is 302 g/mol. The maximum atomic E-state index is 10.7. The van der Waals surface area contributed by atoms with E-state index in [9.17, 15) is 15.0 Å². The Morgan fingerprint density at radius 3 is 2.87 bits per heavy atom. The van der Waals surface area contributed by atoms with Crippen LogP contribution in [0.15, 0.2) is 9.30 Å². The van der Waals surface area contributed by atoms with Crippen LogP contribution in [0.4, 0.5) is 0 Å². The Kier molecular flexibility index (Phi) is 5.20. The van der Waals surface area contributed by atoms with Gasteiger partial charge in [0, 0.05) is 18.1 Å². The average molecular weight is 312 g/mol. The molecule has 1 aromatic heterocycles. The molecule has 1 heterocycles. The lowest BCUT2D eigenvalue weighted by Crippen LogP contribution is -2.21. The lowest BCUT2D eigenvalue weighted by atomic mass is 10.2. The highest BCUT2D eigenvalue weighted by Gasteiger charge is 2.21. The van der Waals surface area contributed by atoms with Gasteiger partial charge in [0.05, 0.1) is 11.8 Å². The number of rotatable bonds is 4. The van der Waals surface area contributed by atoms with E-state index in [2.05, 4.69) is 20.9 Å². The van der Waals surface area contributed by atoms with Crippen LogP contribution in [-0.4, -0.2) is 32.2 Å². The second-order valence-electron chi connectivity index (χ2n) is 2.84. The molecule has 0 aliphatic carbocycles. The van der Waals surface area contributed by atoms with E-state index in [4.69, 9.17) is 0 Å². The first-order chi connectivity index (χ1) is 7.00. The van der Waals surface area contributed by atoms with Crippen LogP contribution in [0.1, 0.15) is 18.7 Å². The van der Waals surface area contributed by atoms with Gasteiger partial charge in [-0.3, -0.25) is 4.79 Å². The molecule has 0 fully saturated rings. The van der Waals surface area contributed by atoms with Crippen LogP contribution in [0.2, 0.25) is 0 Å². The van der Waals surface area contributed by atoms with E-state index in [0.717, 1.165) is 11.8 Å². The van der Waals surface area contributed by atoms with Crippen LogP contribution in [0.3, 0.4) is 0 Å². The van der Waals surface area contributed by atoms with Gasteiger partial charge < -0.3 is 10.2 Å². The van der Waals surface area contributed by atoms with Crippen molar-refractivity contribution in [1.82, 2.24) is 4.98 Å². The van der Waals surface area contributed by atoms with Gasteiger partial charge in [0.15, 0.2) is 9.03 Å². The molecule has 0 spiro atoms. The molecular formula is C8H10BrNO3S2. The van der Waals surface area contributed by atoms with Crippen molar-refractivity contribution < 1.29 is 15.0 Å². The SMILES string of the molecule is CC(=O)SCC(O)C(O)c1csc(Br)n1. The number of halogens is 1. The molecule has 1 rings (SSSR count). The minimum Gasteiger partial charge on any atom is -0.389 e. The van der Waals surface area contributed by atoms with Crippen LogP contribution in [0, 0.1) is 0 Å². The summed E-state index contributed by atoms with van der Waals surface area (Å²) in [6, 6.07) is 0. The van der Waals surface area contributed by atoms with Gasteiger partial charge in [-0.2, -0.15) is 0 Å². The Morgan fingerprint density at radius 1 is 1.73 bits per heavy atom. The summed E-state index contributed by atoms with van der Waals surface area (Å²) in [7, 11) is 0. The Bertz CT molecular complexity index is 344. The zero-order valence-electron chi connectivity index (χ0n) is 7.88. The van der Waals surface area contributed by atoms with Crippen LogP contribution >= 0.6 is 39.0 Å². The van der Waals surface area contributed by atoms with Crippen molar-refractivity contribution in [3.63, 3.8) is 0 Å². The molecule has 0 radical (unpaired) electrons. The molecule has 2 atom stereocenters. The molecule has 84 valence electrons. The van der Waals surface area contributed by atoms with Gasteiger partial charge in [-0.05, 0) is 15.9 Å². The van der Waals surface area contributed by atoms with Crippen molar-refractivity contribution in [3.05, 3.63) is 15.0 Å². The fraction of sp³-hybridized carbons (Fsp3) is 0.500. The Balaban J connectivity index is 2.52. The van der Waals surface area contributed by atoms with Gasteiger partial charge in [0.1, 0.15) is 6.10 Å². The van der Waals surface area contributed by atoms with Crippen LogP contribution in [0.25, 0.3) is 0 Å². The van der Waals surface area contributed by atoms with Gasteiger partial charge in [-0.25, -0.2) is 4.98 Å². The third-order valence-corrected chi connectivity index (χ3v) is 3.92. The first kappa shape index (κ1) is 13.1. The molecule has 0 bridgehead atoms. The van der Waals surface area contributed by atoms with Gasteiger partial charge in [0.25, 0.3) is 0 Å². The molecule has 15 heavy (non-hydrogen) atoms. The van der Waals surface area contributed by atoms with E-state index in [-0.39, 0.29) is 10.9 Å². The lowest BCUT2D eigenvalue weighted by Gasteiger charge is -2.14. The number of nitrogens with zero attached hydrogens (tertiary/aromatic N) is 1. The first-order valence-electron chi connectivity index (χ1n) is 4.11. The molecule has 7 heteroatoms. The van der Waals surface area contributed by atoms with Gasteiger partial charge in [0.2, 0.25) is 0 Å². The summed E-state index contributed by atoms with van der Waals surface area (Å²) in [6.07, 6.45) is -2.02. The van der Waals surface area contributed by atoms with Crippen molar-refractivity contribution in [2.75, 3.05) is 5.75 Å². The second kappa shape index (κ2) is 5.95. The molecule has 1 aromatic rings. The number of aromatic nitrogens is 1. The van der Waals surface area contributed by atoms with E-state index < -0.39 is 12.2 Å². The monoisotopic (exact) mass is 311 g/mol. The second-order valence-corrected chi connectivity index (χ2v) is 6.17. The molecule has 2 unspecified atom stereocenters. The number of aliphatic hydroxyl groups is 2. The highest BCUT2D eigenvalue weighted by molar-refractivity contribution is 9.11. The molecule has 0 aliphatic rings. The van der Waals surface area contributed by atoms with E-state index in [1.165, 1.54) is 18.3 Å². The topological polar surface area (TPSA) is 70.4 Å². The molecule has 0 amide bonds. The summed E-state index contributed by atoms with van der Waals surface area (Å²) < 4.78 is 0.656. The summed E-state index contributed by atoms with van der Waals surface area (Å²) in [5.74, 6) is 0.172. The predicted molar refractivity (Wildman–Crippen MR) is 63.9 cm³/mol. The number of thioether (sulfide) groups is 1. The number of thiazole rings is 1. The van der Waals surface area contributed by atoms with Gasteiger partial charge >= 0.3 is 0 Å². The minimum absolute atomic E-state index is 0.0827. The maximum Gasteiger partial charge on any atom is 0.185 e. The zero-order chi connectivity index (χ0) is 11.4. The van der Waals surface area contributed by atoms with Crippen molar-refractivity contribution in [3.8, 4) is 0 Å². The number of carbonyl (C=O) groups excluding carboxylic acids is 1. The highest BCUT2D eigenvalue weighted by Crippen LogP contribution is 2.24. The molecule has 0 saturated heterocycles. The fourth-order valence-electron chi connectivity index (χ4n) is 0.890. The number of carbonyl (C=O) groups is 1. The van der Waals surface area contributed by atoms with Crippen LogP contribution in [-0.2, 0) is 4.79 Å². The van der Waals surface area contributed by atoms with Crippen LogP contribution < -0.4 is 0 Å². The third-order valence-electron chi connectivity index (χ3n) is 1.62. The molecule has 2 N–H and O–H groups in total. The van der Waals surface area contributed by atoms with Crippen LogP contribution in [0.5, 0.6) is 0 Å². The van der Waals surface area contributed by atoms with Crippen molar-refractivity contribution in [2.24, 2.45) is 0 Å². The Hall–Kier alpha value is 0.0500. The third kappa shape index (κ3) is 4.20. The highest BCUT2D eigenvalue weighted by atomic mass is 79.9. The minimum atomic E-state index is -1.04. The van der Waals surface area contributed by atoms with Gasteiger partial charge in [-0.15, -0.1) is 11.3 Å². The average Bonchev–Trinajstić information content (AvgIpc) is 2.60. The quantitative estimate of drug-likeness (QED) is 0.883. The van der Waals surface area contributed by atoms with E-state index in [0.29, 0.717) is 9.61 Å². The Labute approximate surface area is 104 Å². The maximum absolute atomic E-state index is 10.7. The fourth-order valence-corrected chi connectivity index (χ4v) is 2.53. The van der Waals surface area contributed by atoms with Gasteiger partial charge in [-0.1, -0.05) is 11.8 Å². The number of hydrogen-bond donors (Lipinski definition) is 2. The van der Waals surface area contributed by atoms with Crippen molar-refractivity contribution >= 4 is 44.1 Å². The molecule has 4 nitrogen and oxygen atoms in total. The first-order valence-corrected chi connectivity index (χ1v) is 6.77. The predicted octanol–water partition coefficient (Wildman–Crippen LogP) is 1.58. The summed E-state index contributed by atoms with van der Waals surface area (Å²) in [5, 5.41) is 20.8. The number of hydrogen-bond acceptors (Lipinski definition) is 6. The Morgan fingerprint density at radius 2 is 2.40 bits per heavy atom. The largest absolute Gasteiger partial charge is 0.389 e. The summed E-state index contributed by atoms with van der Waals surface area (Å²) >= 11 is 5.49. The van der Waals surface area contributed by atoms with E-state index in [1.807, 2.05) is 0 Å². The van der Waals surface area contributed by atoms with Crippen molar-refractivity contribution in [1.29, 1.82) is 0 Å². The molecule has 0 saturated carbocycles. The molecule has 0 aliphatic heterocycles. The zero-order valence-corrected chi connectivity index (χ0v) is 11.1. The summed E-state index contributed by atoms with van der Waals surface area (Å²) in [6.45, 7) is 1.42. The molecule has 0 aromatic carbocycles. The van der Waals surface area contributed by atoms with E-state index in [1.54, 1.807) is 5.38 Å². The van der Waals surface area contributed by atoms with Crippen molar-refractivity contribution in [2.45, 2.75) is 19.1 Å². The normalized spacial score (nSPS) is 14.9. The lowest BCUT2D eigenvalue weighted by molar-refractivity contribution is -0.109. The summed E-state index contributed by atoms with van der Waals surface area (Å²) in [5.41, 5.74) is 0.420. The summed E-state index contributed by atoms with van der Waals surface area (Å²) in [4.78, 5) is 14.7. The smallest absolute Gasteiger partial charge is 0.185 e.